The summed E-state index contributed by atoms with van der Waals surface area (Å²) in [5.41, 5.74) is 6.01. The van der Waals surface area contributed by atoms with Crippen molar-refractivity contribution in [2.24, 2.45) is 5.73 Å². The monoisotopic (exact) mass is 560 g/mol. The molecule has 13 nitrogen and oxygen atoms in total. The third kappa shape index (κ3) is 12.8. The van der Waals surface area contributed by atoms with E-state index in [1.807, 2.05) is 0 Å². The second-order valence-electron chi connectivity index (χ2n) is 8.64. The molecule has 0 bridgehead atoms. The molecule has 0 saturated heterocycles. The number of methoxy groups -OCH3 is 2. The lowest BCUT2D eigenvalue weighted by molar-refractivity contribution is -0.145. The fraction of sp³-hybridized carbons (Fsp3) is 0.444. The molecule has 0 radical (unpaired) electrons. The Morgan fingerprint density at radius 1 is 0.925 bits per heavy atom. The molecular weight excluding hydrogens is 520 g/mol. The smallest absolute Gasteiger partial charge is 0.407 e. The van der Waals surface area contributed by atoms with Crippen molar-refractivity contribution in [3.63, 3.8) is 0 Å². The number of alkyl carbamates (subject to hydrolysis) is 1. The number of carbonyl (C=O) groups excluding carboxylic acids is 4. The largest absolute Gasteiger partial charge is 0.490 e. The van der Waals surface area contributed by atoms with Crippen molar-refractivity contribution in [3.8, 4) is 5.75 Å². The summed E-state index contributed by atoms with van der Waals surface area (Å²) in [6.45, 7) is 7.94. The van der Waals surface area contributed by atoms with Gasteiger partial charge < -0.3 is 41.2 Å². The zero-order valence-corrected chi connectivity index (χ0v) is 23.0. The van der Waals surface area contributed by atoms with E-state index in [1.165, 1.54) is 20.3 Å². The Labute approximate surface area is 234 Å². The fourth-order valence-electron chi connectivity index (χ4n) is 3.56. The number of ether oxygens (including phenoxy) is 3. The third-order valence-electron chi connectivity index (χ3n) is 5.60. The van der Waals surface area contributed by atoms with Crippen molar-refractivity contribution in [1.29, 1.82) is 5.41 Å². The second kappa shape index (κ2) is 18.7. The average molecular weight is 561 g/mol. The fourth-order valence-corrected chi connectivity index (χ4v) is 3.56. The number of nitrogens with one attached hydrogen (secondary N) is 5. The van der Waals surface area contributed by atoms with E-state index in [0.29, 0.717) is 31.7 Å². The van der Waals surface area contributed by atoms with Crippen molar-refractivity contribution in [1.82, 2.24) is 21.3 Å². The lowest BCUT2D eigenvalue weighted by Crippen LogP contribution is -2.56. The summed E-state index contributed by atoms with van der Waals surface area (Å²) < 4.78 is 14.9. The van der Waals surface area contributed by atoms with Crippen LogP contribution in [0.25, 0.3) is 0 Å². The number of benzene rings is 1. The van der Waals surface area contributed by atoms with E-state index in [-0.39, 0.29) is 25.2 Å². The maximum absolute atomic E-state index is 13.3. The van der Waals surface area contributed by atoms with Gasteiger partial charge in [-0.3, -0.25) is 15.0 Å². The van der Waals surface area contributed by atoms with Crippen LogP contribution < -0.4 is 31.7 Å². The Morgan fingerprint density at radius 3 is 2.15 bits per heavy atom. The van der Waals surface area contributed by atoms with E-state index in [1.54, 1.807) is 30.3 Å². The zero-order valence-electron chi connectivity index (χ0n) is 23.0. The molecular formula is C27H40N6O7. The predicted molar refractivity (Wildman–Crippen MR) is 150 cm³/mol. The molecule has 40 heavy (non-hydrogen) atoms. The molecule has 1 rings (SSSR count). The molecule has 0 aliphatic carbocycles. The van der Waals surface area contributed by atoms with Crippen molar-refractivity contribution < 1.29 is 33.4 Å². The van der Waals surface area contributed by atoms with Crippen LogP contribution in [-0.2, 0) is 30.3 Å². The number of esters is 1. The lowest BCUT2D eigenvalue weighted by Gasteiger charge is -2.24. The standard InChI is InChI=1S/C27H40N6O7/c1-5-9-21(25(36)38-3)32-23(34)20(10-7-8-15-30-26(28)29)31-24(35)22(33-27(37)39-4)17-18-11-13-19(14-12-18)40-16-6-2/h5-6,11-14,20-22H,1-2,7-10,15-17H2,3-4H3,(H,31,35)(H,32,34)(H,33,37)(H4,28,29,30)/t20-,21-,22-/m0/s1. The molecule has 0 saturated carbocycles. The number of amides is 3. The van der Waals surface area contributed by atoms with Gasteiger partial charge in [0.1, 0.15) is 30.5 Å². The van der Waals surface area contributed by atoms with Gasteiger partial charge in [-0.1, -0.05) is 30.9 Å². The van der Waals surface area contributed by atoms with Gasteiger partial charge in [0, 0.05) is 13.0 Å². The number of carbonyl (C=O) groups is 4. The van der Waals surface area contributed by atoms with Crippen LogP contribution in [0.15, 0.2) is 49.6 Å². The first-order valence-electron chi connectivity index (χ1n) is 12.7. The molecule has 7 N–H and O–H groups in total. The van der Waals surface area contributed by atoms with Gasteiger partial charge in [0.05, 0.1) is 14.2 Å². The van der Waals surface area contributed by atoms with Crippen molar-refractivity contribution >= 4 is 29.8 Å². The number of nitrogens with two attached hydrogens (primary N) is 1. The highest BCUT2D eigenvalue weighted by Gasteiger charge is 2.29. The molecule has 0 heterocycles. The van der Waals surface area contributed by atoms with Crippen molar-refractivity contribution in [2.45, 2.75) is 50.2 Å². The minimum atomic E-state index is -1.08. The minimum absolute atomic E-state index is 0.0980. The molecule has 220 valence electrons. The van der Waals surface area contributed by atoms with Gasteiger partial charge in [-0.25, -0.2) is 9.59 Å². The Bertz CT molecular complexity index is 1020. The molecule has 13 heteroatoms. The number of hydrogen-bond donors (Lipinski definition) is 6. The van der Waals surface area contributed by atoms with Crippen LogP contribution in [0.3, 0.4) is 0 Å². The van der Waals surface area contributed by atoms with E-state index >= 15 is 0 Å². The number of rotatable bonds is 18. The van der Waals surface area contributed by atoms with Gasteiger partial charge in [0.25, 0.3) is 0 Å². The predicted octanol–water partition coefficient (Wildman–Crippen LogP) is 0.891. The van der Waals surface area contributed by atoms with Crippen LogP contribution in [0, 0.1) is 5.41 Å². The minimum Gasteiger partial charge on any atom is -0.490 e. The first-order chi connectivity index (χ1) is 19.1. The highest BCUT2D eigenvalue weighted by atomic mass is 16.5. The molecule has 0 aliphatic heterocycles. The Hall–Kier alpha value is -4.55. The quantitative estimate of drug-likeness (QED) is 0.0497. The van der Waals surface area contributed by atoms with Gasteiger partial charge in [-0.2, -0.15) is 0 Å². The molecule has 0 fully saturated rings. The maximum atomic E-state index is 13.3. The van der Waals surface area contributed by atoms with Gasteiger partial charge in [-0.05, 0) is 43.4 Å². The molecule has 3 amide bonds. The van der Waals surface area contributed by atoms with Gasteiger partial charge in [0.15, 0.2) is 5.96 Å². The van der Waals surface area contributed by atoms with Crippen LogP contribution >= 0.6 is 0 Å². The van der Waals surface area contributed by atoms with E-state index < -0.39 is 42.0 Å². The normalized spacial score (nSPS) is 12.4. The molecule has 3 atom stereocenters. The van der Waals surface area contributed by atoms with E-state index in [2.05, 4.69) is 39.2 Å². The van der Waals surface area contributed by atoms with E-state index in [0.717, 1.165) is 5.56 Å². The zero-order chi connectivity index (χ0) is 29.9. The summed E-state index contributed by atoms with van der Waals surface area (Å²) in [6.07, 6.45) is 3.72. The summed E-state index contributed by atoms with van der Waals surface area (Å²) in [7, 11) is 2.38. The topological polar surface area (TPSA) is 194 Å². The highest BCUT2D eigenvalue weighted by Crippen LogP contribution is 2.14. The van der Waals surface area contributed by atoms with Gasteiger partial charge in [-0.15, -0.1) is 6.58 Å². The van der Waals surface area contributed by atoms with Crippen molar-refractivity contribution in [3.05, 3.63) is 55.1 Å². The van der Waals surface area contributed by atoms with Crippen LogP contribution in [0.2, 0.25) is 0 Å². The van der Waals surface area contributed by atoms with Crippen molar-refractivity contribution in [2.75, 3.05) is 27.4 Å². The molecule has 1 aromatic rings. The third-order valence-corrected chi connectivity index (χ3v) is 5.60. The average Bonchev–Trinajstić information content (AvgIpc) is 2.94. The van der Waals surface area contributed by atoms with Gasteiger partial charge >= 0.3 is 12.1 Å². The molecule has 0 unspecified atom stereocenters. The number of unbranched alkanes of at least 4 members (excludes halogenated alkanes) is 1. The van der Waals surface area contributed by atoms with Crippen LogP contribution in [0.5, 0.6) is 5.75 Å². The van der Waals surface area contributed by atoms with E-state index in [9.17, 15) is 19.2 Å². The molecule has 1 aromatic carbocycles. The summed E-state index contributed by atoms with van der Waals surface area (Å²) in [5, 5.41) is 17.7. The second-order valence-corrected chi connectivity index (χ2v) is 8.64. The first-order valence-corrected chi connectivity index (χ1v) is 12.7. The SMILES string of the molecule is C=CCOc1ccc(C[C@H](NC(=O)OC)C(=O)N[C@@H](CCCCNC(=N)N)C(=O)N[C@@H](CC=C)C(=O)OC)cc1. The molecule has 0 aromatic heterocycles. The molecule has 0 spiro atoms. The van der Waals surface area contributed by atoms with E-state index in [4.69, 9.17) is 20.6 Å². The lowest BCUT2D eigenvalue weighted by atomic mass is 10.0. The summed E-state index contributed by atoms with van der Waals surface area (Å²) in [5.74, 6) is -1.45. The van der Waals surface area contributed by atoms with Crippen LogP contribution in [0.1, 0.15) is 31.2 Å². The Kier molecular flexibility index (Phi) is 15.6. The maximum Gasteiger partial charge on any atom is 0.407 e. The Morgan fingerprint density at radius 2 is 1.57 bits per heavy atom. The van der Waals surface area contributed by atoms with Gasteiger partial charge in [0.2, 0.25) is 11.8 Å². The number of guanidine groups is 1. The van der Waals surface area contributed by atoms with Crippen LogP contribution in [0.4, 0.5) is 4.79 Å². The summed E-state index contributed by atoms with van der Waals surface area (Å²) in [4.78, 5) is 50.6. The highest BCUT2D eigenvalue weighted by molar-refractivity contribution is 5.93. The number of hydrogen-bond acceptors (Lipinski definition) is 8. The first kappa shape index (κ1) is 33.5. The summed E-state index contributed by atoms with van der Waals surface area (Å²) >= 11 is 0. The Balaban J connectivity index is 3.08. The molecule has 0 aliphatic rings. The van der Waals surface area contributed by atoms with Crippen LogP contribution in [-0.4, -0.2) is 75.3 Å². The summed E-state index contributed by atoms with van der Waals surface area (Å²) in [6, 6.07) is 3.85.